The van der Waals surface area contributed by atoms with Crippen molar-refractivity contribution in [3.63, 3.8) is 0 Å². The predicted molar refractivity (Wildman–Crippen MR) is 53.4 cm³/mol. The van der Waals surface area contributed by atoms with Gasteiger partial charge in [0.05, 0.1) is 0 Å². The van der Waals surface area contributed by atoms with Gasteiger partial charge in [0.15, 0.2) is 0 Å². The van der Waals surface area contributed by atoms with Gasteiger partial charge >= 0.3 is 0 Å². The zero-order valence-electron chi connectivity index (χ0n) is 8.88. The van der Waals surface area contributed by atoms with E-state index in [0.717, 1.165) is 6.04 Å². The van der Waals surface area contributed by atoms with E-state index in [2.05, 4.69) is 37.6 Å². The molecule has 1 atom stereocenters. The van der Waals surface area contributed by atoms with Crippen LogP contribution in [0.3, 0.4) is 0 Å². The van der Waals surface area contributed by atoms with Crippen LogP contribution < -0.4 is 0 Å². The average molecular weight is 170 g/mol. The Bertz CT molecular complexity index is 134. The summed E-state index contributed by atoms with van der Waals surface area (Å²) in [6.07, 6.45) is 1.35. The summed E-state index contributed by atoms with van der Waals surface area (Å²) in [6, 6.07) is 1.48. The van der Waals surface area contributed by atoms with E-state index in [9.17, 15) is 0 Å². The van der Waals surface area contributed by atoms with Gasteiger partial charge in [0, 0.05) is 18.6 Å². The molecule has 0 aromatic rings. The molecule has 0 N–H and O–H groups in total. The third-order valence-corrected chi connectivity index (χ3v) is 3.09. The standard InChI is InChI=1S/C10H22N2/c1-5-12-7-6-10(8-12)11(4)9(2)3/h9-10H,5-8H2,1-4H3. The summed E-state index contributed by atoms with van der Waals surface area (Å²) >= 11 is 0. The van der Waals surface area contributed by atoms with Crippen molar-refractivity contribution in [2.45, 2.75) is 39.3 Å². The first-order chi connectivity index (χ1) is 5.65. The van der Waals surface area contributed by atoms with E-state index in [1.807, 2.05) is 0 Å². The van der Waals surface area contributed by atoms with Crippen molar-refractivity contribution in [3.05, 3.63) is 0 Å². The first kappa shape index (κ1) is 10.0. The summed E-state index contributed by atoms with van der Waals surface area (Å²) in [6.45, 7) is 10.6. The van der Waals surface area contributed by atoms with Gasteiger partial charge in [-0.25, -0.2) is 0 Å². The van der Waals surface area contributed by atoms with Crippen LogP contribution in [0.25, 0.3) is 0 Å². The molecular formula is C10H22N2. The molecule has 1 aliphatic heterocycles. The first-order valence-electron chi connectivity index (χ1n) is 5.09. The van der Waals surface area contributed by atoms with E-state index in [1.165, 1.54) is 26.1 Å². The second-order valence-electron chi connectivity index (χ2n) is 4.09. The zero-order chi connectivity index (χ0) is 9.14. The van der Waals surface area contributed by atoms with E-state index in [-0.39, 0.29) is 0 Å². The number of likely N-dealkylation sites (tertiary alicyclic amines) is 1. The summed E-state index contributed by atoms with van der Waals surface area (Å²) in [4.78, 5) is 5.03. The molecule has 12 heavy (non-hydrogen) atoms. The summed E-state index contributed by atoms with van der Waals surface area (Å²) in [5, 5.41) is 0. The molecule has 1 heterocycles. The van der Waals surface area contributed by atoms with Crippen LogP contribution in [0.2, 0.25) is 0 Å². The molecule has 1 unspecified atom stereocenters. The zero-order valence-corrected chi connectivity index (χ0v) is 8.88. The number of hydrogen-bond donors (Lipinski definition) is 0. The Balaban J connectivity index is 2.35. The highest BCUT2D eigenvalue weighted by molar-refractivity contribution is 4.82. The monoisotopic (exact) mass is 170 g/mol. The Labute approximate surface area is 76.5 Å². The number of nitrogens with zero attached hydrogens (tertiary/aromatic N) is 2. The number of hydrogen-bond acceptors (Lipinski definition) is 2. The molecule has 0 bridgehead atoms. The normalized spacial score (nSPS) is 26.0. The molecule has 72 valence electrons. The molecule has 1 saturated heterocycles. The lowest BCUT2D eigenvalue weighted by Crippen LogP contribution is -2.38. The van der Waals surface area contributed by atoms with Gasteiger partial charge in [0.1, 0.15) is 0 Å². The van der Waals surface area contributed by atoms with Crippen LogP contribution >= 0.6 is 0 Å². The van der Waals surface area contributed by atoms with Crippen molar-refractivity contribution in [1.29, 1.82) is 0 Å². The third kappa shape index (κ3) is 2.20. The topological polar surface area (TPSA) is 6.48 Å². The van der Waals surface area contributed by atoms with Crippen molar-refractivity contribution in [2.24, 2.45) is 0 Å². The summed E-state index contributed by atoms with van der Waals surface area (Å²) in [7, 11) is 2.24. The van der Waals surface area contributed by atoms with Crippen LogP contribution in [0.1, 0.15) is 27.2 Å². The maximum atomic E-state index is 2.53. The van der Waals surface area contributed by atoms with Crippen LogP contribution in [0.4, 0.5) is 0 Å². The molecule has 2 heteroatoms. The molecule has 0 aliphatic carbocycles. The largest absolute Gasteiger partial charge is 0.302 e. The molecule has 0 aromatic heterocycles. The van der Waals surface area contributed by atoms with Crippen LogP contribution in [0.15, 0.2) is 0 Å². The highest BCUT2D eigenvalue weighted by atomic mass is 15.2. The Kier molecular flexibility index (Phi) is 3.53. The SMILES string of the molecule is CCN1CCC(N(C)C(C)C)C1. The Morgan fingerprint density at radius 3 is 2.58 bits per heavy atom. The fraction of sp³-hybridized carbons (Fsp3) is 1.00. The highest BCUT2D eigenvalue weighted by Crippen LogP contribution is 2.15. The van der Waals surface area contributed by atoms with Crippen LogP contribution in [-0.4, -0.2) is 48.6 Å². The molecular weight excluding hydrogens is 148 g/mol. The lowest BCUT2D eigenvalue weighted by molar-refractivity contribution is 0.193. The molecule has 1 fully saturated rings. The summed E-state index contributed by atoms with van der Waals surface area (Å²) < 4.78 is 0. The third-order valence-electron chi connectivity index (χ3n) is 3.09. The smallest absolute Gasteiger partial charge is 0.0234 e. The van der Waals surface area contributed by atoms with Crippen molar-refractivity contribution in [2.75, 3.05) is 26.7 Å². The summed E-state index contributed by atoms with van der Waals surface area (Å²) in [5.74, 6) is 0. The minimum Gasteiger partial charge on any atom is -0.302 e. The van der Waals surface area contributed by atoms with Crippen molar-refractivity contribution >= 4 is 0 Å². The van der Waals surface area contributed by atoms with Gasteiger partial charge in [-0.2, -0.15) is 0 Å². The predicted octanol–water partition coefficient (Wildman–Crippen LogP) is 1.42. The van der Waals surface area contributed by atoms with Crippen LogP contribution in [-0.2, 0) is 0 Å². The lowest BCUT2D eigenvalue weighted by Gasteiger charge is -2.28. The highest BCUT2D eigenvalue weighted by Gasteiger charge is 2.25. The fourth-order valence-corrected chi connectivity index (χ4v) is 1.85. The number of likely N-dealkylation sites (N-methyl/N-ethyl adjacent to an activating group) is 2. The molecule has 1 rings (SSSR count). The maximum Gasteiger partial charge on any atom is 0.0234 e. The van der Waals surface area contributed by atoms with Crippen molar-refractivity contribution in [1.82, 2.24) is 9.80 Å². The minimum absolute atomic E-state index is 0.687. The maximum absolute atomic E-state index is 2.53. The Morgan fingerprint density at radius 1 is 1.50 bits per heavy atom. The summed E-state index contributed by atoms with van der Waals surface area (Å²) in [5.41, 5.74) is 0. The molecule has 0 spiro atoms. The molecule has 0 amide bonds. The van der Waals surface area contributed by atoms with Gasteiger partial charge in [-0.3, -0.25) is 4.90 Å². The Morgan fingerprint density at radius 2 is 2.17 bits per heavy atom. The second kappa shape index (κ2) is 4.24. The molecule has 0 saturated carbocycles. The second-order valence-corrected chi connectivity index (χ2v) is 4.09. The van der Waals surface area contributed by atoms with E-state index in [1.54, 1.807) is 0 Å². The first-order valence-corrected chi connectivity index (χ1v) is 5.09. The van der Waals surface area contributed by atoms with E-state index in [0.29, 0.717) is 6.04 Å². The van der Waals surface area contributed by atoms with Crippen molar-refractivity contribution in [3.8, 4) is 0 Å². The van der Waals surface area contributed by atoms with Gasteiger partial charge < -0.3 is 4.90 Å². The van der Waals surface area contributed by atoms with Gasteiger partial charge in [-0.1, -0.05) is 6.92 Å². The van der Waals surface area contributed by atoms with Crippen molar-refractivity contribution < 1.29 is 0 Å². The van der Waals surface area contributed by atoms with Gasteiger partial charge in [-0.15, -0.1) is 0 Å². The van der Waals surface area contributed by atoms with Crippen LogP contribution in [0.5, 0.6) is 0 Å². The van der Waals surface area contributed by atoms with E-state index < -0.39 is 0 Å². The molecule has 2 nitrogen and oxygen atoms in total. The van der Waals surface area contributed by atoms with E-state index in [4.69, 9.17) is 0 Å². The minimum atomic E-state index is 0.687. The lowest BCUT2D eigenvalue weighted by atomic mass is 10.2. The number of rotatable bonds is 3. The average Bonchev–Trinajstić information content (AvgIpc) is 2.50. The molecule has 0 aromatic carbocycles. The molecule has 1 aliphatic rings. The quantitative estimate of drug-likeness (QED) is 0.632. The van der Waals surface area contributed by atoms with Gasteiger partial charge in [0.25, 0.3) is 0 Å². The Hall–Kier alpha value is -0.0800. The van der Waals surface area contributed by atoms with Crippen LogP contribution in [0, 0.1) is 0 Å². The van der Waals surface area contributed by atoms with E-state index >= 15 is 0 Å². The fourth-order valence-electron chi connectivity index (χ4n) is 1.85. The molecule has 0 radical (unpaired) electrons. The van der Waals surface area contributed by atoms with Gasteiger partial charge in [-0.05, 0) is 40.4 Å². The van der Waals surface area contributed by atoms with Gasteiger partial charge in [0.2, 0.25) is 0 Å².